The van der Waals surface area contributed by atoms with E-state index in [0.717, 1.165) is 34.9 Å². The van der Waals surface area contributed by atoms with Gasteiger partial charge in [0.2, 0.25) is 0 Å². The molecule has 0 aliphatic carbocycles. The van der Waals surface area contributed by atoms with Gasteiger partial charge in [0, 0.05) is 23.1 Å². The second kappa shape index (κ2) is 6.03. The number of hydrogen-bond donors (Lipinski definition) is 0. The van der Waals surface area contributed by atoms with E-state index in [1.165, 1.54) is 16.7 Å². The molecule has 4 rings (SSSR count). The van der Waals surface area contributed by atoms with E-state index >= 15 is 0 Å². The number of aliphatic imine (C=N–C) groups is 1. The number of ether oxygens (including phenoxy) is 1. The smallest absolute Gasteiger partial charge is 0.142 e. The SMILES string of the molecule is CC1(C)Cc2cc(Cl)c3c(c2C(c2ccccc2)=N1)CC(C)(C)O3.Cl. The van der Waals surface area contributed by atoms with Crippen LogP contribution in [0.3, 0.4) is 0 Å². The molecule has 0 unspecified atom stereocenters. The Morgan fingerprint density at radius 2 is 1.72 bits per heavy atom. The van der Waals surface area contributed by atoms with Gasteiger partial charge in [-0.15, -0.1) is 12.4 Å². The quantitative estimate of drug-likeness (QED) is 0.631. The van der Waals surface area contributed by atoms with Crippen molar-refractivity contribution < 1.29 is 4.74 Å². The summed E-state index contributed by atoms with van der Waals surface area (Å²) in [6.07, 6.45) is 1.75. The van der Waals surface area contributed by atoms with Gasteiger partial charge in [-0.1, -0.05) is 41.9 Å². The molecule has 2 aromatic rings. The normalized spacial score (nSPS) is 19.2. The number of fused-ring (bicyclic) bond motifs is 3. The van der Waals surface area contributed by atoms with Crippen LogP contribution in [0.25, 0.3) is 0 Å². The van der Waals surface area contributed by atoms with Crippen molar-refractivity contribution >= 4 is 29.7 Å². The molecule has 2 aliphatic rings. The number of rotatable bonds is 1. The molecule has 0 aromatic heterocycles. The zero-order valence-electron chi connectivity index (χ0n) is 15.0. The fraction of sp³-hybridized carbons (Fsp3) is 0.381. The molecular formula is C21H23Cl2NO. The zero-order chi connectivity index (χ0) is 17.1. The molecule has 0 amide bonds. The van der Waals surface area contributed by atoms with Crippen molar-refractivity contribution in [2.75, 3.05) is 0 Å². The lowest BCUT2D eigenvalue weighted by molar-refractivity contribution is 0.138. The molecule has 0 saturated heterocycles. The monoisotopic (exact) mass is 375 g/mol. The van der Waals surface area contributed by atoms with Crippen molar-refractivity contribution in [3.8, 4) is 5.75 Å². The van der Waals surface area contributed by atoms with Gasteiger partial charge in [-0.25, -0.2) is 0 Å². The van der Waals surface area contributed by atoms with Crippen LogP contribution in [0.4, 0.5) is 0 Å². The first kappa shape index (κ1) is 18.3. The Hall–Kier alpha value is -1.51. The number of benzene rings is 2. The summed E-state index contributed by atoms with van der Waals surface area (Å²) in [5, 5.41) is 0.722. The number of halogens is 2. The van der Waals surface area contributed by atoms with Crippen molar-refractivity contribution in [2.24, 2.45) is 4.99 Å². The molecule has 2 aromatic carbocycles. The lowest BCUT2D eigenvalue weighted by atomic mass is 9.81. The maximum atomic E-state index is 6.56. The average molecular weight is 376 g/mol. The predicted octanol–water partition coefficient (Wildman–Crippen LogP) is 5.65. The minimum Gasteiger partial charge on any atom is -0.486 e. The van der Waals surface area contributed by atoms with Crippen LogP contribution in [0.5, 0.6) is 5.75 Å². The summed E-state index contributed by atoms with van der Waals surface area (Å²) in [5.74, 6) is 0.837. The molecule has 0 bridgehead atoms. The lowest BCUT2D eigenvalue weighted by Gasteiger charge is -2.30. The minimum atomic E-state index is -0.226. The summed E-state index contributed by atoms with van der Waals surface area (Å²) in [6, 6.07) is 12.5. The molecule has 2 nitrogen and oxygen atoms in total. The Balaban J connectivity index is 0.00000182. The maximum absolute atomic E-state index is 6.56. The van der Waals surface area contributed by atoms with Gasteiger partial charge in [0.15, 0.2) is 0 Å². The predicted molar refractivity (Wildman–Crippen MR) is 107 cm³/mol. The van der Waals surface area contributed by atoms with E-state index in [4.69, 9.17) is 21.3 Å². The van der Waals surface area contributed by atoms with E-state index < -0.39 is 0 Å². The summed E-state index contributed by atoms with van der Waals surface area (Å²) in [7, 11) is 0. The Labute approximate surface area is 160 Å². The molecule has 2 heterocycles. The number of nitrogens with zero attached hydrogens (tertiary/aromatic N) is 1. The summed E-state index contributed by atoms with van der Waals surface area (Å²) >= 11 is 6.56. The molecule has 25 heavy (non-hydrogen) atoms. The molecule has 0 atom stereocenters. The van der Waals surface area contributed by atoms with Crippen LogP contribution >= 0.6 is 24.0 Å². The van der Waals surface area contributed by atoms with Gasteiger partial charge in [0.1, 0.15) is 11.4 Å². The standard InChI is InChI=1S/C21H22ClNO.ClH/c1-20(2)11-14-10-16(22)19-15(12-21(3,4)24-19)17(14)18(23-20)13-8-6-5-7-9-13;/h5-10H,11-12H2,1-4H3;1H. The molecule has 0 radical (unpaired) electrons. The Bertz CT molecular complexity index is 854. The van der Waals surface area contributed by atoms with Crippen LogP contribution < -0.4 is 4.74 Å². The second-order valence-electron chi connectivity index (χ2n) is 8.05. The highest BCUT2D eigenvalue weighted by Gasteiger charge is 2.38. The highest BCUT2D eigenvalue weighted by molar-refractivity contribution is 6.33. The maximum Gasteiger partial charge on any atom is 0.142 e. The third kappa shape index (κ3) is 3.18. The Morgan fingerprint density at radius 3 is 2.40 bits per heavy atom. The van der Waals surface area contributed by atoms with E-state index in [1.807, 2.05) is 6.07 Å². The molecule has 0 N–H and O–H groups in total. The first-order chi connectivity index (χ1) is 11.3. The van der Waals surface area contributed by atoms with Crippen LogP contribution in [0.1, 0.15) is 49.9 Å². The fourth-order valence-corrected chi connectivity index (χ4v) is 4.15. The van der Waals surface area contributed by atoms with E-state index in [-0.39, 0.29) is 23.5 Å². The van der Waals surface area contributed by atoms with Crippen LogP contribution in [-0.4, -0.2) is 16.9 Å². The highest BCUT2D eigenvalue weighted by Crippen LogP contribution is 2.46. The molecule has 0 fully saturated rings. The van der Waals surface area contributed by atoms with Crippen LogP contribution in [0.15, 0.2) is 41.4 Å². The third-order valence-electron chi connectivity index (χ3n) is 4.72. The van der Waals surface area contributed by atoms with Gasteiger partial charge in [0.25, 0.3) is 0 Å². The first-order valence-corrected chi connectivity index (χ1v) is 8.82. The van der Waals surface area contributed by atoms with Crippen molar-refractivity contribution in [3.63, 3.8) is 0 Å². The molecule has 132 valence electrons. The van der Waals surface area contributed by atoms with E-state index in [2.05, 4.69) is 58.0 Å². The fourth-order valence-electron chi connectivity index (χ4n) is 3.86. The van der Waals surface area contributed by atoms with Gasteiger partial charge in [0.05, 0.1) is 16.3 Å². The zero-order valence-corrected chi connectivity index (χ0v) is 16.6. The second-order valence-corrected chi connectivity index (χ2v) is 8.46. The lowest BCUT2D eigenvalue weighted by Crippen LogP contribution is -2.30. The molecule has 0 spiro atoms. The largest absolute Gasteiger partial charge is 0.486 e. The van der Waals surface area contributed by atoms with Crippen molar-refractivity contribution in [2.45, 2.75) is 51.7 Å². The van der Waals surface area contributed by atoms with Gasteiger partial charge in [-0.3, -0.25) is 4.99 Å². The summed E-state index contributed by atoms with van der Waals surface area (Å²) in [6.45, 7) is 8.59. The first-order valence-electron chi connectivity index (χ1n) is 8.45. The van der Waals surface area contributed by atoms with Crippen LogP contribution in [0.2, 0.25) is 5.02 Å². The third-order valence-corrected chi connectivity index (χ3v) is 5.00. The molecule has 0 saturated carbocycles. The van der Waals surface area contributed by atoms with Gasteiger partial charge in [-0.2, -0.15) is 0 Å². The Morgan fingerprint density at radius 1 is 1.04 bits per heavy atom. The molecular weight excluding hydrogens is 353 g/mol. The van der Waals surface area contributed by atoms with Gasteiger partial charge < -0.3 is 4.74 Å². The van der Waals surface area contributed by atoms with Crippen LogP contribution in [0, 0.1) is 0 Å². The van der Waals surface area contributed by atoms with E-state index in [0.29, 0.717) is 0 Å². The highest BCUT2D eigenvalue weighted by atomic mass is 35.5. The van der Waals surface area contributed by atoms with Crippen LogP contribution in [-0.2, 0) is 12.8 Å². The van der Waals surface area contributed by atoms with E-state index in [1.54, 1.807) is 0 Å². The van der Waals surface area contributed by atoms with Gasteiger partial charge in [-0.05, 0) is 45.7 Å². The average Bonchev–Trinajstić information content (AvgIpc) is 2.82. The molecule has 4 heteroatoms. The molecule has 2 aliphatic heterocycles. The minimum absolute atomic E-state index is 0. The number of hydrogen-bond acceptors (Lipinski definition) is 2. The summed E-state index contributed by atoms with van der Waals surface area (Å²) < 4.78 is 6.14. The topological polar surface area (TPSA) is 21.6 Å². The van der Waals surface area contributed by atoms with Gasteiger partial charge >= 0.3 is 0 Å². The summed E-state index contributed by atoms with van der Waals surface area (Å²) in [5.41, 5.74) is 5.57. The Kier molecular flexibility index (Phi) is 4.41. The van der Waals surface area contributed by atoms with Crippen molar-refractivity contribution in [3.05, 3.63) is 63.7 Å². The van der Waals surface area contributed by atoms with E-state index in [9.17, 15) is 0 Å². The summed E-state index contributed by atoms with van der Waals surface area (Å²) in [4.78, 5) is 5.10. The van der Waals surface area contributed by atoms with Crippen molar-refractivity contribution in [1.29, 1.82) is 0 Å². The van der Waals surface area contributed by atoms with Crippen molar-refractivity contribution in [1.82, 2.24) is 0 Å².